The molecule has 21 heavy (non-hydrogen) atoms. The van der Waals surface area contributed by atoms with Gasteiger partial charge in [-0.2, -0.15) is 13.2 Å². The molecule has 0 bridgehead atoms. The molecule has 0 spiro atoms. The monoisotopic (exact) mass is 342 g/mol. The Morgan fingerprint density at radius 3 is 2.38 bits per heavy atom. The van der Waals surface area contributed by atoms with Crippen LogP contribution in [0.3, 0.4) is 0 Å². The number of nitrogens with two attached hydrogens (primary N) is 1. The quantitative estimate of drug-likeness (QED) is 0.828. The minimum Gasteiger partial charge on any atom is -0.338 e. The number of carbonyl (C=O) groups excluding carboxylic acids is 1. The maximum absolute atomic E-state index is 12.1. The third-order valence-electron chi connectivity index (χ3n) is 2.56. The standard InChI is InChI=1S/C13H17F3N2OS.ClH/c14-13(15,16)20-10-12(19)18(8-4-7-17)9-11-5-2-1-3-6-11;/h1-3,5-6H,4,7-10,17H2;1H. The first kappa shape index (κ1) is 20.1. The van der Waals surface area contributed by atoms with Crippen molar-refractivity contribution in [3.05, 3.63) is 35.9 Å². The molecule has 1 rings (SSSR count). The minimum atomic E-state index is -4.39. The zero-order chi connectivity index (χ0) is 15.0. The van der Waals surface area contributed by atoms with Crippen LogP contribution in [0.4, 0.5) is 13.2 Å². The molecule has 0 atom stereocenters. The van der Waals surface area contributed by atoms with Crippen molar-refractivity contribution in [2.45, 2.75) is 18.5 Å². The number of thioether (sulfide) groups is 1. The van der Waals surface area contributed by atoms with Gasteiger partial charge in [0, 0.05) is 13.1 Å². The van der Waals surface area contributed by atoms with Crippen LogP contribution < -0.4 is 5.73 Å². The van der Waals surface area contributed by atoms with E-state index in [0.29, 0.717) is 26.1 Å². The highest BCUT2D eigenvalue weighted by Gasteiger charge is 2.30. The predicted molar refractivity (Wildman–Crippen MR) is 81.3 cm³/mol. The number of alkyl halides is 3. The fraction of sp³-hybridized carbons (Fsp3) is 0.462. The second-order valence-corrected chi connectivity index (χ2v) is 5.22. The van der Waals surface area contributed by atoms with Crippen molar-refractivity contribution in [2.24, 2.45) is 5.73 Å². The van der Waals surface area contributed by atoms with Gasteiger partial charge in [-0.3, -0.25) is 4.79 Å². The Labute approximate surface area is 132 Å². The van der Waals surface area contributed by atoms with Crippen molar-refractivity contribution in [3.63, 3.8) is 0 Å². The van der Waals surface area contributed by atoms with E-state index in [-0.39, 0.29) is 24.2 Å². The van der Waals surface area contributed by atoms with Crippen molar-refractivity contribution < 1.29 is 18.0 Å². The first-order chi connectivity index (χ1) is 9.42. The fourth-order valence-electron chi connectivity index (χ4n) is 1.61. The molecule has 0 heterocycles. The molecule has 1 aromatic rings. The normalized spacial score (nSPS) is 10.9. The first-order valence-electron chi connectivity index (χ1n) is 6.15. The highest BCUT2D eigenvalue weighted by Crippen LogP contribution is 2.30. The van der Waals surface area contributed by atoms with Crippen LogP contribution in [0.25, 0.3) is 0 Å². The molecule has 2 N–H and O–H groups in total. The Kier molecular flexibility index (Phi) is 9.48. The molecule has 1 aromatic carbocycles. The van der Waals surface area contributed by atoms with Gasteiger partial charge >= 0.3 is 5.51 Å². The van der Waals surface area contributed by atoms with Crippen molar-refractivity contribution in [2.75, 3.05) is 18.8 Å². The minimum absolute atomic E-state index is 0. The van der Waals surface area contributed by atoms with Crippen LogP contribution in [0.2, 0.25) is 0 Å². The summed E-state index contributed by atoms with van der Waals surface area (Å²) in [5, 5.41) is 0. The van der Waals surface area contributed by atoms with Crippen LogP contribution in [-0.2, 0) is 11.3 Å². The maximum atomic E-state index is 12.1. The molecule has 0 aliphatic heterocycles. The van der Waals surface area contributed by atoms with E-state index in [0.717, 1.165) is 5.56 Å². The third-order valence-corrected chi connectivity index (χ3v) is 3.28. The smallest absolute Gasteiger partial charge is 0.338 e. The molecule has 0 saturated carbocycles. The van der Waals surface area contributed by atoms with Gasteiger partial charge in [0.15, 0.2) is 0 Å². The summed E-state index contributed by atoms with van der Waals surface area (Å²) in [6, 6.07) is 9.16. The Bertz CT molecular complexity index is 418. The average molecular weight is 343 g/mol. The van der Waals surface area contributed by atoms with Crippen LogP contribution >= 0.6 is 24.2 Å². The lowest BCUT2D eigenvalue weighted by atomic mass is 10.2. The van der Waals surface area contributed by atoms with E-state index in [2.05, 4.69) is 0 Å². The van der Waals surface area contributed by atoms with Gasteiger partial charge in [0.1, 0.15) is 0 Å². The van der Waals surface area contributed by atoms with Gasteiger partial charge in [-0.05, 0) is 30.3 Å². The van der Waals surface area contributed by atoms with Crippen LogP contribution in [0.1, 0.15) is 12.0 Å². The number of hydrogen-bond donors (Lipinski definition) is 1. The fourth-order valence-corrected chi connectivity index (χ4v) is 2.08. The van der Waals surface area contributed by atoms with Crippen LogP contribution in [0, 0.1) is 0 Å². The van der Waals surface area contributed by atoms with Crippen molar-refractivity contribution in [1.82, 2.24) is 4.90 Å². The summed E-state index contributed by atoms with van der Waals surface area (Å²) in [4.78, 5) is 13.3. The first-order valence-corrected chi connectivity index (χ1v) is 7.13. The van der Waals surface area contributed by atoms with Gasteiger partial charge in [0.25, 0.3) is 0 Å². The lowest BCUT2D eigenvalue weighted by Crippen LogP contribution is -2.34. The van der Waals surface area contributed by atoms with Crippen LogP contribution in [0.15, 0.2) is 30.3 Å². The van der Waals surface area contributed by atoms with E-state index in [4.69, 9.17) is 5.73 Å². The molecule has 1 amide bonds. The molecule has 0 saturated heterocycles. The highest BCUT2D eigenvalue weighted by molar-refractivity contribution is 8.00. The van der Waals surface area contributed by atoms with Gasteiger partial charge < -0.3 is 10.6 Å². The van der Waals surface area contributed by atoms with Gasteiger partial charge in [-0.15, -0.1) is 12.4 Å². The second-order valence-electron chi connectivity index (χ2n) is 4.18. The zero-order valence-corrected chi connectivity index (χ0v) is 12.9. The summed E-state index contributed by atoms with van der Waals surface area (Å²) in [6.07, 6.45) is 0.565. The van der Waals surface area contributed by atoms with Crippen molar-refractivity contribution in [3.8, 4) is 0 Å². The lowest BCUT2D eigenvalue weighted by Gasteiger charge is -2.22. The summed E-state index contributed by atoms with van der Waals surface area (Å²) >= 11 is -0.308. The summed E-state index contributed by atoms with van der Waals surface area (Å²) in [5.41, 5.74) is 1.89. The molecule has 0 aliphatic carbocycles. The summed E-state index contributed by atoms with van der Waals surface area (Å²) in [7, 11) is 0. The van der Waals surface area contributed by atoms with E-state index < -0.39 is 17.2 Å². The molecule has 0 unspecified atom stereocenters. The molecule has 0 aliphatic rings. The molecular formula is C13H18ClF3N2OS. The predicted octanol–water partition coefficient (Wildman–Crippen LogP) is 3.04. The molecule has 0 aromatic heterocycles. The Hall–Kier alpha value is -0.920. The number of amides is 1. The number of hydrogen-bond acceptors (Lipinski definition) is 3. The van der Waals surface area contributed by atoms with E-state index >= 15 is 0 Å². The SMILES string of the molecule is Cl.NCCCN(Cc1ccccc1)C(=O)CSC(F)(F)F. The maximum Gasteiger partial charge on any atom is 0.442 e. The van der Waals surface area contributed by atoms with E-state index in [1.54, 1.807) is 0 Å². The molecular weight excluding hydrogens is 325 g/mol. The lowest BCUT2D eigenvalue weighted by molar-refractivity contribution is -0.129. The van der Waals surface area contributed by atoms with Gasteiger partial charge in [-0.25, -0.2) is 0 Å². The van der Waals surface area contributed by atoms with E-state index in [9.17, 15) is 18.0 Å². The Morgan fingerprint density at radius 1 is 1.24 bits per heavy atom. The van der Waals surface area contributed by atoms with E-state index in [1.165, 1.54) is 4.90 Å². The highest BCUT2D eigenvalue weighted by atomic mass is 35.5. The number of benzene rings is 1. The second kappa shape index (κ2) is 9.92. The summed E-state index contributed by atoms with van der Waals surface area (Å²) < 4.78 is 36.4. The summed E-state index contributed by atoms with van der Waals surface area (Å²) in [5.74, 6) is -1.12. The Balaban J connectivity index is 0.00000400. The van der Waals surface area contributed by atoms with Gasteiger partial charge in [0.05, 0.1) is 5.75 Å². The van der Waals surface area contributed by atoms with Crippen molar-refractivity contribution in [1.29, 1.82) is 0 Å². The average Bonchev–Trinajstić information content (AvgIpc) is 2.41. The summed E-state index contributed by atoms with van der Waals surface area (Å²) in [6.45, 7) is 1.06. The van der Waals surface area contributed by atoms with E-state index in [1.807, 2.05) is 30.3 Å². The molecule has 3 nitrogen and oxygen atoms in total. The third kappa shape index (κ3) is 8.85. The molecule has 0 radical (unpaired) electrons. The van der Waals surface area contributed by atoms with Crippen molar-refractivity contribution >= 4 is 30.1 Å². The molecule has 8 heteroatoms. The number of halogens is 4. The zero-order valence-electron chi connectivity index (χ0n) is 11.3. The van der Waals surface area contributed by atoms with Crippen LogP contribution in [0.5, 0.6) is 0 Å². The van der Waals surface area contributed by atoms with Gasteiger partial charge in [-0.1, -0.05) is 30.3 Å². The topological polar surface area (TPSA) is 46.3 Å². The number of rotatable bonds is 7. The van der Waals surface area contributed by atoms with Crippen LogP contribution in [-0.4, -0.2) is 35.2 Å². The Morgan fingerprint density at radius 2 is 1.86 bits per heavy atom. The largest absolute Gasteiger partial charge is 0.442 e. The molecule has 0 fully saturated rings. The number of carbonyl (C=O) groups is 1. The van der Waals surface area contributed by atoms with Gasteiger partial charge in [0.2, 0.25) is 5.91 Å². The molecule has 120 valence electrons. The number of nitrogens with zero attached hydrogens (tertiary/aromatic N) is 1.